The van der Waals surface area contributed by atoms with Crippen LogP contribution in [-0.4, -0.2) is 27.4 Å². The molecule has 2 amide bonds. The Bertz CT molecular complexity index is 1210. The number of carbonyl (C=O) groups excluding carboxylic acids is 2. The normalized spacial score (nSPS) is 15.0. The number of anilines is 1. The molecule has 1 fully saturated rings. The van der Waals surface area contributed by atoms with Gasteiger partial charge in [0.1, 0.15) is 23.6 Å². The van der Waals surface area contributed by atoms with Gasteiger partial charge in [0, 0.05) is 22.3 Å². The van der Waals surface area contributed by atoms with Gasteiger partial charge in [0.2, 0.25) is 11.8 Å². The maximum absolute atomic E-state index is 14.3. The smallest absolute Gasteiger partial charge is 0.248 e. The quantitative estimate of drug-likeness (QED) is 0.390. The van der Waals surface area contributed by atoms with Crippen molar-refractivity contribution in [2.45, 2.75) is 50.7 Å². The molecule has 184 valence electrons. The molecule has 1 atom stereocenters. The lowest BCUT2D eigenvalue weighted by Crippen LogP contribution is -2.48. The van der Waals surface area contributed by atoms with E-state index in [1.807, 2.05) is 0 Å². The predicted molar refractivity (Wildman–Crippen MR) is 135 cm³/mol. The van der Waals surface area contributed by atoms with Crippen LogP contribution in [0.2, 0.25) is 15.3 Å². The first kappa shape index (κ1) is 25.5. The van der Waals surface area contributed by atoms with E-state index in [1.165, 1.54) is 34.0 Å². The van der Waals surface area contributed by atoms with Crippen molar-refractivity contribution in [3.8, 4) is 0 Å². The van der Waals surface area contributed by atoms with Crippen LogP contribution < -0.4 is 10.2 Å². The summed E-state index contributed by atoms with van der Waals surface area (Å²) in [7, 11) is 0. The van der Waals surface area contributed by atoms with E-state index in [2.05, 4.69) is 10.3 Å². The highest BCUT2D eigenvalue weighted by Crippen LogP contribution is 2.34. The largest absolute Gasteiger partial charge is 0.351 e. The molecule has 0 spiro atoms. The Morgan fingerprint density at radius 1 is 1.09 bits per heavy atom. The zero-order valence-electron chi connectivity index (χ0n) is 18.8. The first-order valence-electron chi connectivity index (χ1n) is 11.3. The number of aromatic nitrogens is 2. The number of amides is 2. The second-order valence-electron chi connectivity index (χ2n) is 8.47. The fraction of sp³-hybridized carbons (Fsp3) is 0.320. The minimum absolute atomic E-state index is 0.00685. The van der Waals surface area contributed by atoms with Gasteiger partial charge in [0.25, 0.3) is 0 Å². The van der Waals surface area contributed by atoms with Crippen molar-refractivity contribution in [2.75, 3.05) is 4.90 Å². The zero-order valence-corrected chi connectivity index (χ0v) is 21.0. The van der Waals surface area contributed by atoms with Crippen molar-refractivity contribution in [2.24, 2.45) is 0 Å². The molecule has 0 aliphatic heterocycles. The SMILES string of the molecule is O=C(NC1CCCCC1)C(c1ccccc1Cl)N(C(=O)Cn1cnc(Cl)c1Cl)c1cccc(F)c1. The zero-order chi connectivity index (χ0) is 24.9. The second-order valence-corrected chi connectivity index (χ2v) is 9.59. The number of carbonyl (C=O) groups is 2. The highest BCUT2D eigenvalue weighted by molar-refractivity contribution is 6.40. The summed E-state index contributed by atoms with van der Waals surface area (Å²) in [6, 6.07) is 11.2. The van der Waals surface area contributed by atoms with Gasteiger partial charge in [-0.05, 0) is 37.1 Å². The average Bonchev–Trinajstić information content (AvgIpc) is 3.15. The first-order valence-corrected chi connectivity index (χ1v) is 12.5. The van der Waals surface area contributed by atoms with E-state index in [-0.39, 0.29) is 28.6 Å². The third-order valence-electron chi connectivity index (χ3n) is 6.05. The average molecular weight is 538 g/mol. The molecule has 3 aromatic rings. The van der Waals surface area contributed by atoms with Crippen LogP contribution in [0, 0.1) is 5.82 Å². The molecule has 2 aromatic carbocycles. The van der Waals surface area contributed by atoms with Crippen LogP contribution in [-0.2, 0) is 16.1 Å². The van der Waals surface area contributed by atoms with E-state index < -0.39 is 23.7 Å². The van der Waals surface area contributed by atoms with Crippen LogP contribution in [0.1, 0.15) is 43.7 Å². The number of nitrogens with zero attached hydrogens (tertiary/aromatic N) is 3. The van der Waals surface area contributed by atoms with Gasteiger partial charge in [-0.3, -0.25) is 14.5 Å². The molecule has 6 nitrogen and oxygen atoms in total. The Labute approximate surface area is 218 Å². The van der Waals surface area contributed by atoms with E-state index in [9.17, 15) is 14.0 Å². The molecule has 1 saturated carbocycles. The Kier molecular flexibility index (Phi) is 8.31. The summed E-state index contributed by atoms with van der Waals surface area (Å²) in [4.78, 5) is 32.7. The summed E-state index contributed by atoms with van der Waals surface area (Å²) in [6.07, 6.45) is 6.22. The maximum atomic E-state index is 14.3. The molecule has 0 radical (unpaired) electrons. The Balaban J connectivity index is 1.78. The van der Waals surface area contributed by atoms with Gasteiger partial charge in [-0.1, -0.05) is 78.3 Å². The monoisotopic (exact) mass is 536 g/mol. The summed E-state index contributed by atoms with van der Waals surface area (Å²) < 4.78 is 15.6. The molecular weight excluding hydrogens is 514 g/mol. The van der Waals surface area contributed by atoms with Gasteiger partial charge in [0.15, 0.2) is 5.15 Å². The molecule has 1 N–H and O–H groups in total. The molecule has 1 aliphatic carbocycles. The van der Waals surface area contributed by atoms with Crippen molar-refractivity contribution >= 4 is 52.3 Å². The lowest BCUT2D eigenvalue weighted by Gasteiger charge is -2.34. The molecule has 1 unspecified atom stereocenters. The summed E-state index contributed by atoms with van der Waals surface area (Å²) in [5.41, 5.74) is 0.635. The topological polar surface area (TPSA) is 67.2 Å². The minimum Gasteiger partial charge on any atom is -0.351 e. The number of hydrogen-bond donors (Lipinski definition) is 1. The van der Waals surface area contributed by atoms with Crippen molar-refractivity contribution in [3.05, 3.63) is 81.6 Å². The van der Waals surface area contributed by atoms with E-state index >= 15 is 0 Å². The van der Waals surface area contributed by atoms with E-state index in [0.717, 1.165) is 32.1 Å². The third-order valence-corrected chi connectivity index (χ3v) is 7.17. The summed E-state index contributed by atoms with van der Waals surface area (Å²) in [5, 5.41) is 3.54. The second kappa shape index (κ2) is 11.4. The van der Waals surface area contributed by atoms with Crippen LogP contribution in [0.25, 0.3) is 0 Å². The number of hydrogen-bond acceptors (Lipinski definition) is 3. The van der Waals surface area contributed by atoms with Crippen molar-refractivity contribution in [1.29, 1.82) is 0 Å². The lowest BCUT2D eigenvalue weighted by atomic mass is 9.94. The van der Waals surface area contributed by atoms with Crippen LogP contribution >= 0.6 is 34.8 Å². The molecule has 10 heteroatoms. The highest BCUT2D eigenvalue weighted by Gasteiger charge is 2.35. The lowest BCUT2D eigenvalue weighted by molar-refractivity contribution is -0.127. The van der Waals surface area contributed by atoms with Gasteiger partial charge in [-0.15, -0.1) is 0 Å². The Morgan fingerprint density at radius 2 is 1.83 bits per heavy atom. The fourth-order valence-corrected chi connectivity index (χ4v) is 4.90. The summed E-state index contributed by atoms with van der Waals surface area (Å²) in [6.45, 7) is -0.271. The molecule has 0 saturated heterocycles. The first-order chi connectivity index (χ1) is 16.8. The summed E-state index contributed by atoms with van der Waals surface area (Å²) >= 11 is 18.6. The van der Waals surface area contributed by atoms with Gasteiger partial charge < -0.3 is 9.88 Å². The van der Waals surface area contributed by atoms with E-state index in [0.29, 0.717) is 10.6 Å². The summed E-state index contributed by atoms with van der Waals surface area (Å²) in [5.74, 6) is -1.46. The Hall–Kier alpha value is -2.61. The molecular formula is C25H24Cl3FN4O2. The number of benzene rings is 2. The molecule has 1 heterocycles. The van der Waals surface area contributed by atoms with Crippen LogP contribution in [0.15, 0.2) is 54.9 Å². The minimum atomic E-state index is -1.14. The molecule has 35 heavy (non-hydrogen) atoms. The van der Waals surface area contributed by atoms with Crippen LogP contribution in [0.4, 0.5) is 10.1 Å². The van der Waals surface area contributed by atoms with E-state index in [1.54, 1.807) is 30.3 Å². The van der Waals surface area contributed by atoms with Crippen molar-refractivity contribution in [3.63, 3.8) is 0 Å². The van der Waals surface area contributed by atoms with E-state index in [4.69, 9.17) is 34.8 Å². The number of nitrogens with one attached hydrogen (secondary N) is 1. The Morgan fingerprint density at radius 3 is 2.49 bits per heavy atom. The standard InChI is InChI=1S/C25H24Cl3FN4O2/c26-20-12-5-4-11-19(20)22(25(35)31-17-8-2-1-3-9-17)33(18-10-6-7-16(29)13-18)21(34)14-32-15-30-23(27)24(32)28/h4-7,10-13,15,17,22H,1-3,8-9,14H2,(H,31,35). The third kappa shape index (κ3) is 5.97. The van der Waals surface area contributed by atoms with Gasteiger partial charge in [0.05, 0.1) is 6.33 Å². The number of rotatable bonds is 7. The molecule has 4 rings (SSSR count). The predicted octanol–water partition coefficient (Wildman–Crippen LogP) is 6.21. The highest BCUT2D eigenvalue weighted by atomic mass is 35.5. The van der Waals surface area contributed by atoms with Crippen LogP contribution in [0.5, 0.6) is 0 Å². The van der Waals surface area contributed by atoms with Gasteiger partial charge in [-0.25, -0.2) is 9.37 Å². The fourth-order valence-electron chi connectivity index (χ4n) is 4.36. The van der Waals surface area contributed by atoms with Crippen molar-refractivity contribution in [1.82, 2.24) is 14.9 Å². The molecule has 1 aromatic heterocycles. The van der Waals surface area contributed by atoms with Gasteiger partial charge >= 0.3 is 0 Å². The number of imidazole rings is 1. The van der Waals surface area contributed by atoms with Gasteiger partial charge in [-0.2, -0.15) is 0 Å². The van der Waals surface area contributed by atoms with Crippen LogP contribution in [0.3, 0.4) is 0 Å². The maximum Gasteiger partial charge on any atom is 0.248 e. The molecule has 0 bridgehead atoms. The van der Waals surface area contributed by atoms with Crippen molar-refractivity contribution < 1.29 is 14.0 Å². The number of halogens is 4. The molecule has 1 aliphatic rings.